The van der Waals surface area contributed by atoms with Crippen LogP contribution < -0.4 is 15.8 Å². The SMILES string of the molecule is NC(=O)C(CCC(=O)O)N1Cc2cc(OCC(=O)NCc3ccccc3C(F)(F)F)ccc2C1=O. The highest BCUT2D eigenvalue weighted by Gasteiger charge is 2.36. The van der Waals surface area contributed by atoms with E-state index in [-0.39, 0.29) is 42.8 Å². The van der Waals surface area contributed by atoms with Gasteiger partial charge in [-0.2, -0.15) is 13.2 Å². The highest BCUT2D eigenvalue weighted by molar-refractivity contribution is 6.01. The van der Waals surface area contributed by atoms with E-state index in [1.54, 1.807) is 0 Å². The molecule has 3 rings (SSSR count). The zero-order valence-corrected chi connectivity index (χ0v) is 18.3. The van der Waals surface area contributed by atoms with Crippen molar-refractivity contribution in [2.24, 2.45) is 5.73 Å². The van der Waals surface area contributed by atoms with Gasteiger partial charge in [0, 0.05) is 25.1 Å². The summed E-state index contributed by atoms with van der Waals surface area (Å²) in [6.45, 7) is -0.817. The third kappa shape index (κ3) is 6.28. The van der Waals surface area contributed by atoms with Crippen LogP contribution in [0, 0.1) is 0 Å². The summed E-state index contributed by atoms with van der Waals surface area (Å²) < 4.78 is 44.6. The fraction of sp³-hybridized carbons (Fsp3) is 0.304. The summed E-state index contributed by atoms with van der Waals surface area (Å²) in [7, 11) is 0. The summed E-state index contributed by atoms with van der Waals surface area (Å²) in [6.07, 6.45) is -5.02. The van der Waals surface area contributed by atoms with Crippen LogP contribution in [0.2, 0.25) is 0 Å². The normalized spacial score (nSPS) is 13.8. The van der Waals surface area contributed by atoms with Crippen molar-refractivity contribution in [2.75, 3.05) is 6.61 Å². The number of benzene rings is 2. The maximum Gasteiger partial charge on any atom is 0.416 e. The summed E-state index contributed by atoms with van der Waals surface area (Å²) in [5.41, 5.74) is 5.21. The number of primary amides is 1. The highest BCUT2D eigenvalue weighted by Crippen LogP contribution is 2.32. The van der Waals surface area contributed by atoms with E-state index in [4.69, 9.17) is 15.6 Å². The zero-order valence-electron chi connectivity index (χ0n) is 18.3. The Morgan fingerprint density at radius 1 is 1.17 bits per heavy atom. The topological polar surface area (TPSA) is 139 Å². The average molecular weight is 493 g/mol. The van der Waals surface area contributed by atoms with E-state index < -0.39 is 48.1 Å². The van der Waals surface area contributed by atoms with E-state index in [1.165, 1.54) is 41.3 Å². The molecule has 2 aromatic rings. The summed E-state index contributed by atoms with van der Waals surface area (Å²) in [5, 5.41) is 11.2. The van der Waals surface area contributed by atoms with Crippen molar-refractivity contribution in [3.05, 3.63) is 64.7 Å². The zero-order chi connectivity index (χ0) is 25.8. The Balaban J connectivity index is 1.59. The number of carbonyl (C=O) groups excluding carboxylic acids is 3. The summed E-state index contributed by atoms with van der Waals surface area (Å²) >= 11 is 0. The van der Waals surface area contributed by atoms with Crippen LogP contribution in [0.1, 0.15) is 39.9 Å². The van der Waals surface area contributed by atoms with E-state index in [0.717, 1.165) is 6.07 Å². The molecule has 3 amide bonds. The van der Waals surface area contributed by atoms with Crippen LogP contribution in [0.15, 0.2) is 42.5 Å². The molecule has 35 heavy (non-hydrogen) atoms. The number of ether oxygens (including phenoxy) is 1. The van der Waals surface area contributed by atoms with Gasteiger partial charge in [0.05, 0.1) is 5.56 Å². The molecule has 9 nitrogen and oxygen atoms in total. The Hall–Kier alpha value is -4.09. The van der Waals surface area contributed by atoms with Crippen LogP contribution in [-0.2, 0) is 33.6 Å². The van der Waals surface area contributed by atoms with Crippen LogP contribution in [-0.4, -0.2) is 46.3 Å². The van der Waals surface area contributed by atoms with Gasteiger partial charge in [0.25, 0.3) is 11.8 Å². The number of carbonyl (C=O) groups is 4. The maximum absolute atomic E-state index is 13.1. The molecule has 1 aliphatic heterocycles. The fourth-order valence-electron chi connectivity index (χ4n) is 3.72. The molecule has 4 N–H and O–H groups in total. The lowest BCUT2D eigenvalue weighted by molar-refractivity contribution is -0.139. The molecule has 12 heteroatoms. The number of carboxylic acid groups (broad SMARTS) is 1. The Morgan fingerprint density at radius 2 is 1.89 bits per heavy atom. The molecule has 1 unspecified atom stereocenters. The Labute approximate surface area is 197 Å². The number of rotatable bonds is 10. The first kappa shape index (κ1) is 25.5. The van der Waals surface area contributed by atoms with E-state index in [0.29, 0.717) is 5.56 Å². The first-order valence-electron chi connectivity index (χ1n) is 10.5. The summed E-state index contributed by atoms with van der Waals surface area (Å²) in [6, 6.07) is 8.17. The number of aliphatic carboxylic acids is 1. The Bertz CT molecular complexity index is 1150. The third-order valence-electron chi connectivity index (χ3n) is 5.41. The second kappa shape index (κ2) is 10.5. The molecule has 0 radical (unpaired) electrons. The van der Waals surface area contributed by atoms with Crippen molar-refractivity contribution in [2.45, 2.75) is 38.1 Å². The highest BCUT2D eigenvalue weighted by atomic mass is 19.4. The van der Waals surface area contributed by atoms with Crippen molar-refractivity contribution in [1.29, 1.82) is 0 Å². The number of alkyl halides is 3. The van der Waals surface area contributed by atoms with Crippen molar-refractivity contribution >= 4 is 23.7 Å². The monoisotopic (exact) mass is 493 g/mol. The number of halogens is 3. The van der Waals surface area contributed by atoms with E-state index in [1.807, 2.05) is 0 Å². The standard InChI is InChI=1S/C23H22F3N3O6/c24-23(25,26)17-4-2-1-3-13(17)10-28-19(30)12-35-15-5-6-16-14(9-15)11-29(22(16)34)18(21(27)33)7-8-20(31)32/h1-6,9,18H,7-8,10-12H2,(H2,27,33)(H,28,30)(H,31,32). The first-order chi connectivity index (χ1) is 16.5. The number of fused-ring (bicyclic) bond motifs is 1. The number of carboxylic acids is 1. The quantitative estimate of drug-likeness (QED) is 0.463. The maximum atomic E-state index is 13.1. The summed E-state index contributed by atoms with van der Waals surface area (Å²) in [5.74, 6) is -2.86. The van der Waals surface area contributed by atoms with Crippen molar-refractivity contribution in [1.82, 2.24) is 10.2 Å². The van der Waals surface area contributed by atoms with Gasteiger partial charge in [-0.15, -0.1) is 0 Å². The van der Waals surface area contributed by atoms with Crippen LogP contribution in [0.3, 0.4) is 0 Å². The molecular formula is C23H22F3N3O6. The molecule has 1 aliphatic rings. The third-order valence-corrected chi connectivity index (χ3v) is 5.41. The number of hydrogen-bond donors (Lipinski definition) is 3. The summed E-state index contributed by atoms with van der Waals surface area (Å²) in [4.78, 5) is 48.6. The van der Waals surface area contributed by atoms with Gasteiger partial charge in [-0.3, -0.25) is 19.2 Å². The molecule has 0 fully saturated rings. The first-order valence-corrected chi connectivity index (χ1v) is 10.5. The average Bonchev–Trinajstić information content (AvgIpc) is 3.11. The molecule has 0 saturated carbocycles. The molecule has 0 aliphatic carbocycles. The van der Waals surface area contributed by atoms with E-state index in [9.17, 15) is 32.3 Å². The van der Waals surface area contributed by atoms with Crippen LogP contribution in [0.4, 0.5) is 13.2 Å². The number of hydrogen-bond acceptors (Lipinski definition) is 5. The second-order valence-electron chi connectivity index (χ2n) is 7.82. The molecule has 1 heterocycles. The Morgan fingerprint density at radius 3 is 2.54 bits per heavy atom. The van der Waals surface area contributed by atoms with E-state index in [2.05, 4.69) is 5.32 Å². The predicted octanol–water partition coefficient (Wildman–Crippen LogP) is 2.08. The molecule has 186 valence electrons. The molecular weight excluding hydrogens is 471 g/mol. The van der Waals surface area contributed by atoms with Crippen LogP contribution in [0.5, 0.6) is 5.75 Å². The second-order valence-corrected chi connectivity index (χ2v) is 7.82. The predicted molar refractivity (Wildman–Crippen MR) is 115 cm³/mol. The lowest BCUT2D eigenvalue weighted by atomic mass is 10.1. The lowest BCUT2D eigenvalue weighted by Gasteiger charge is -2.24. The van der Waals surface area contributed by atoms with Gasteiger partial charge in [-0.1, -0.05) is 18.2 Å². The molecule has 0 bridgehead atoms. The van der Waals surface area contributed by atoms with E-state index >= 15 is 0 Å². The number of nitrogens with two attached hydrogens (primary N) is 1. The minimum absolute atomic E-state index is 0.000977. The largest absolute Gasteiger partial charge is 0.484 e. The fourth-order valence-corrected chi connectivity index (χ4v) is 3.72. The van der Waals surface area contributed by atoms with Gasteiger partial charge in [0.1, 0.15) is 11.8 Å². The molecule has 0 spiro atoms. The van der Waals surface area contributed by atoms with Crippen LogP contribution >= 0.6 is 0 Å². The molecule has 0 saturated heterocycles. The number of nitrogens with one attached hydrogen (secondary N) is 1. The van der Waals surface area contributed by atoms with Crippen molar-refractivity contribution in [3.8, 4) is 5.75 Å². The minimum Gasteiger partial charge on any atom is -0.484 e. The lowest BCUT2D eigenvalue weighted by Crippen LogP contribution is -2.45. The Kier molecular flexibility index (Phi) is 7.62. The van der Waals surface area contributed by atoms with Crippen LogP contribution in [0.25, 0.3) is 0 Å². The van der Waals surface area contributed by atoms with Gasteiger partial charge >= 0.3 is 12.1 Å². The molecule has 2 aromatic carbocycles. The van der Waals surface area contributed by atoms with Crippen molar-refractivity contribution in [3.63, 3.8) is 0 Å². The smallest absolute Gasteiger partial charge is 0.416 e. The molecule has 0 aromatic heterocycles. The number of nitrogens with zero attached hydrogens (tertiary/aromatic N) is 1. The van der Waals surface area contributed by atoms with Crippen molar-refractivity contribution < 1.29 is 42.2 Å². The van der Waals surface area contributed by atoms with Gasteiger partial charge in [-0.25, -0.2) is 0 Å². The number of amides is 3. The van der Waals surface area contributed by atoms with Gasteiger partial charge < -0.3 is 25.8 Å². The minimum atomic E-state index is -4.55. The molecule has 1 atom stereocenters. The van der Waals surface area contributed by atoms with Gasteiger partial charge in [0.15, 0.2) is 6.61 Å². The van der Waals surface area contributed by atoms with Gasteiger partial charge in [-0.05, 0) is 41.8 Å². The van der Waals surface area contributed by atoms with Gasteiger partial charge in [0.2, 0.25) is 5.91 Å².